The van der Waals surface area contributed by atoms with Crippen LogP contribution in [0.25, 0.3) is 0 Å². The maximum atomic E-state index is 12.0. The number of cyclic esters (lactones) is 1. The molecule has 9 nitrogen and oxygen atoms in total. The lowest BCUT2D eigenvalue weighted by atomic mass is 10.0. The van der Waals surface area contributed by atoms with E-state index in [1.807, 2.05) is 0 Å². The standard InChI is InChI=1S/C10H14O9S2/c1-4-18-9(13)10(5-20(2,14)15)7(21(3,16)17)6(11)8(12)19-10/h7H,4-5H2,1-3H3. The fraction of sp³-hybridized carbons (Fsp3) is 0.700. The smallest absolute Gasteiger partial charge is 0.377 e. The van der Waals surface area contributed by atoms with Gasteiger partial charge in [0.1, 0.15) is 5.75 Å². The monoisotopic (exact) mass is 342 g/mol. The molecule has 1 heterocycles. The molecule has 0 aromatic carbocycles. The number of ketones is 1. The average Bonchev–Trinajstić information content (AvgIpc) is 2.48. The van der Waals surface area contributed by atoms with E-state index in [9.17, 15) is 31.2 Å². The van der Waals surface area contributed by atoms with Crippen molar-refractivity contribution in [2.75, 3.05) is 24.9 Å². The summed E-state index contributed by atoms with van der Waals surface area (Å²) in [5.41, 5.74) is -2.70. The maximum absolute atomic E-state index is 12.0. The van der Waals surface area contributed by atoms with Crippen LogP contribution in [-0.2, 0) is 43.5 Å². The first-order valence-electron chi connectivity index (χ1n) is 5.66. The Bertz CT molecular complexity index is 688. The number of carbonyl (C=O) groups is 3. The third kappa shape index (κ3) is 3.40. The van der Waals surface area contributed by atoms with Crippen molar-refractivity contribution in [2.24, 2.45) is 0 Å². The quantitative estimate of drug-likeness (QED) is 0.405. The second kappa shape index (κ2) is 5.37. The van der Waals surface area contributed by atoms with Gasteiger partial charge in [-0.25, -0.2) is 26.4 Å². The van der Waals surface area contributed by atoms with Gasteiger partial charge in [0, 0.05) is 12.5 Å². The fourth-order valence-corrected chi connectivity index (χ4v) is 4.72. The maximum Gasteiger partial charge on any atom is 0.377 e. The second-order valence-electron chi connectivity index (χ2n) is 4.64. The summed E-state index contributed by atoms with van der Waals surface area (Å²) in [4.78, 5) is 35.1. The van der Waals surface area contributed by atoms with Gasteiger partial charge in [-0.1, -0.05) is 0 Å². The predicted molar refractivity (Wildman–Crippen MR) is 68.8 cm³/mol. The third-order valence-corrected chi connectivity index (χ3v) is 5.07. The molecule has 0 bridgehead atoms. The lowest BCUT2D eigenvalue weighted by Crippen LogP contribution is -2.57. The first-order valence-corrected chi connectivity index (χ1v) is 9.67. The zero-order valence-electron chi connectivity index (χ0n) is 11.5. The Morgan fingerprint density at radius 2 is 1.76 bits per heavy atom. The van der Waals surface area contributed by atoms with Crippen LogP contribution in [0.15, 0.2) is 0 Å². The topological polar surface area (TPSA) is 138 Å². The van der Waals surface area contributed by atoms with Crippen molar-refractivity contribution in [1.29, 1.82) is 0 Å². The van der Waals surface area contributed by atoms with Gasteiger partial charge in [-0.2, -0.15) is 0 Å². The van der Waals surface area contributed by atoms with E-state index in [1.165, 1.54) is 6.92 Å². The van der Waals surface area contributed by atoms with Crippen molar-refractivity contribution in [3.05, 3.63) is 0 Å². The van der Waals surface area contributed by atoms with E-state index in [1.54, 1.807) is 0 Å². The second-order valence-corrected chi connectivity index (χ2v) is 8.91. The zero-order valence-corrected chi connectivity index (χ0v) is 13.1. The van der Waals surface area contributed by atoms with Crippen molar-refractivity contribution in [1.82, 2.24) is 0 Å². The molecular weight excluding hydrogens is 328 g/mol. The normalized spacial score (nSPS) is 26.5. The molecule has 1 saturated heterocycles. The van der Waals surface area contributed by atoms with Crippen LogP contribution in [-0.4, -0.2) is 70.3 Å². The summed E-state index contributed by atoms with van der Waals surface area (Å²) in [5.74, 6) is -5.62. The Hall–Kier alpha value is -1.49. The highest BCUT2D eigenvalue weighted by atomic mass is 32.2. The van der Waals surface area contributed by atoms with E-state index in [4.69, 9.17) is 0 Å². The summed E-state index contributed by atoms with van der Waals surface area (Å²) in [7, 11) is -8.25. The highest BCUT2D eigenvalue weighted by Gasteiger charge is 2.67. The molecule has 0 spiro atoms. The van der Waals surface area contributed by atoms with Gasteiger partial charge < -0.3 is 9.47 Å². The van der Waals surface area contributed by atoms with E-state index in [0.29, 0.717) is 12.5 Å². The van der Waals surface area contributed by atoms with Crippen LogP contribution in [0.2, 0.25) is 0 Å². The summed E-state index contributed by atoms with van der Waals surface area (Å²) in [6, 6.07) is 0. The van der Waals surface area contributed by atoms with Gasteiger partial charge in [0.15, 0.2) is 24.9 Å². The highest BCUT2D eigenvalue weighted by molar-refractivity contribution is 7.93. The molecule has 0 aromatic heterocycles. The van der Waals surface area contributed by atoms with Gasteiger partial charge in [-0.15, -0.1) is 0 Å². The number of rotatable bonds is 5. The van der Waals surface area contributed by atoms with Crippen LogP contribution < -0.4 is 0 Å². The van der Waals surface area contributed by atoms with Crippen molar-refractivity contribution < 1.29 is 40.7 Å². The molecule has 120 valence electrons. The highest BCUT2D eigenvalue weighted by Crippen LogP contribution is 2.33. The molecular formula is C10H14O9S2. The predicted octanol–water partition coefficient (Wildman–Crippen LogP) is -2.13. The number of esters is 2. The van der Waals surface area contributed by atoms with Crippen molar-refractivity contribution in [3.63, 3.8) is 0 Å². The number of carbonyl (C=O) groups excluding carboxylic acids is 3. The molecule has 1 rings (SSSR count). The Labute approximate surface area is 121 Å². The van der Waals surface area contributed by atoms with Crippen molar-refractivity contribution in [3.8, 4) is 0 Å². The van der Waals surface area contributed by atoms with Gasteiger partial charge in [0.2, 0.25) is 5.60 Å². The van der Waals surface area contributed by atoms with Crippen LogP contribution in [0, 0.1) is 0 Å². The van der Waals surface area contributed by atoms with Crippen molar-refractivity contribution >= 4 is 37.4 Å². The first kappa shape index (κ1) is 17.6. The van der Waals surface area contributed by atoms with Crippen LogP contribution in [0.1, 0.15) is 6.92 Å². The molecule has 0 radical (unpaired) electrons. The average molecular weight is 342 g/mol. The molecule has 1 fully saturated rings. The molecule has 0 amide bonds. The number of Topliss-reactive ketones (excluding diaryl/α,β-unsaturated/α-hetero) is 1. The minimum Gasteiger partial charge on any atom is -0.463 e. The minimum atomic E-state index is -4.29. The van der Waals surface area contributed by atoms with Gasteiger partial charge in [0.25, 0.3) is 5.78 Å². The fourth-order valence-electron chi connectivity index (χ4n) is 2.08. The van der Waals surface area contributed by atoms with Crippen LogP contribution in [0.3, 0.4) is 0 Å². The molecule has 2 atom stereocenters. The van der Waals surface area contributed by atoms with E-state index in [0.717, 1.165) is 0 Å². The SMILES string of the molecule is CCOC(=O)C1(CS(C)(=O)=O)OC(=O)C(=O)C1S(C)(=O)=O. The summed E-state index contributed by atoms with van der Waals surface area (Å²) < 4.78 is 55.6. The number of hydrogen-bond donors (Lipinski definition) is 0. The number of hydrogen-bond acceptors (Lipinski definition) is 9. The molecule has 1 aliphatic heterocycles. The largest absolute Gasteiger partial charge is 0.463 e. The summed E-state index contributed by atoms with van der Waals surface area (Å²) in [6.45, 7) is 1.17. The van der Waals surface area contributed by atoms with Crippen LogP contribution in [0.5, 0.6) is 0 Å². The molecule has 11 heteroatoms. The van der Waals surface area contributed by atoms with E-state index in [-0.39, 0.29) is 6.61 Å². The third-order valence-electron chi connectivity index (χ3n) is 2.66. The zero-order chi connectivity index (χ0) is 16.6. The van der Waals surface area contributed by atoms with E-state index in [2.05, 4.69) is 9.47 Å². The molecule has 2 unspecified atom stereocenters. The molecule has 1 aliphatic rings. The molecule has 0 N–H and O–H groups in total. The Morgan fingerprint density at radius 1 is 1.24 bits per heavy atom. The molecule has 0 saturated carbocycles. The molecule has 0 aliphatic carbocycles. The summed E-state index contributed by atoms with van der Waals surface area (Å²) in [6.07, 6.45) is 1.32. The summed E-state index contributed by atoms with van der Waals surface area (Å²) >= 11 is 0. The van der Waals surface area contributed by atoms with Crippen LogP contribution >= 0.6 is 0 Å². The van der Waals surface area contributed by atoms with Crippen LogP contribution in [0.4, 0.5) is 0 Å². The Kier molecular flexibility index (Phi) is 4.49. The van der Waals surface area contributed by atoms with Gasteiger partial charge >= 0.3 is 11.9 Å². The Morgan fingerprint density at radius 3 is 2.14 bits per heavy atom. The van der Waals surface area contributed by atoms with Gasteiger partial charge in [-0.05, 0) is 6.92 Å². The van der Waals surface area contributed by atoms with Crippen molar-refractivity contribution in [2.45, 2.75) is 17.8 Å². The number of sulfone groups is 2. The molecule has 21 heavy (non-hydrogen) atoms. The lowest BCUT2D eigenvalue weighted by molar-refractivity contribution is -0.171. The number of ether oxygens (including phenoxy) is 2. The van der Waals surface area contributed by atoms with E-state index >= 15 is 0 Å². The minimum absolute atomic E-state index is 0.216. The lowest BCUT2D eigenvalue weighted by Gasteiger charge is -2.27. The Balaban J connectivity index is 3.58. The first-order chi connectivity index (χ1) is 9.35. The molecule has 0 aromatic rings. The van der Waals surface area contributed by atoms with E-state index < -0.39 is 54.0 Å². The van der Waals surface area contributed by atoms with Gasteiger partial charge in [-0.3, -0.25) is 4.79 Å². The summed E-state index contributed by atoms with van der Waals surface area (Å²) in [5, 5.41) is -2.24. The van der Waals surface area contributed by atoms with Gasteiger partial charge in [0.05, 0.1) is 6.61 Å².